The second kappa shape index (κ2) is 2.52. The van der Waals surface area contributed by atoms with E-state index in [9.17, 15) is 5.11 Å². The van der Waals surface area contributed by atoms with Crippen LogP contribution in [0.15, 0.2) is 36.4 Å². The second-order valence-corrected chi connectivity index (χ2v) is 2.99. The van der Waals surface area contributed by atoms with Gasteiger partial charge in [0.05, 0.1) is 0 Å². The largest absolute Gasteiger partial charge is 0.508 e. The highest BCUT2D eigenvalue weighted by atomic mass is 16.3. The summed E-state index contributed by atoms with van der Waals surface area (Å²) in [4.78, 5) is 0. The molecule has 2 aromatic rings. The molecule has 0 aliphatic rings. The average Bonchev–Trinajstić information content (AvgIpc) is 2.07. The third kappa shape index (κ3) is 1.03. The first kappa shape index (κ1) is 7.17. The molecule has 0 spiro atoms. The number of hydrogen-bond donors (Lipinski definition) is 1. The number of phenols is 1. The summed E-state index contributed by atoms with van der Waals surface area (Å²) in [5.74, 6) is 0.369. The van der Waals surface area contributed by atoms with Gasteiger partial charge in [-0.25, -0.2) is 0 Å². The van der Waals surface area contributed by atoms with E-state index >= 15 is 0 Å². The van der Waals surface area contributed by atoms with Crippen molar-refractivity contribution in [3.05, 3.63) is 42.0 Å². The van der Waals surface area contributed by atoms with Crippen LogP contribution in [-0.2, 0) is 0 Å². The maximum Gasteiger partial charge on any atom is 0.119 e. The van der Waals surface area contributed by atoms with Crippen molar-refractivity contribution in [3.8, 4) is 5.75 Å². The van der Waals surface area contributed by atoms with Gasteiger partial charge >= 0.3 is 0 Å². The van der Waals surface area contributed by atoms with Crippen molar-refractivity contribution in [1.82, 2.24) is 0 Å². The van der Waals surface area contributed by atoms with E-state index in [4.69, 9.17) is 0 Å². The zero-order chi connectivity index (χ0) is 8.55. The first-order chi connectivity index (χ1) is 5.77. The lowest BCUT2D eigenvalue weighted by Crippen LogP contribution is -1.76. The molecule has 2 aromatic carbocycles. The lowest BCUT2D eigenvalue weighted by Gasteiger charge is -2.01. The molecule has 0 radical (unpaired) electrons. The van der Waals surface area contributed by atoms with Crippen molar-refractivity contribution in [1.29, 1.82) is 0 Å². The number of phenolic OH excluding ortho intramolecular Hbond substituents is 1. The smallest absolute Gasteiger partial charge is 0.119 e. The second-order valence-electron chi connectivity index (χ2n) is 2.99. The van der Waals surface area contributed by atoms with E-state index in [1.165, 1.54) is 5.39 Å². The van der Waals surface area contributed by atoms with Gasteiger partial charge < -0.3 is 5.11 Å². The minimum atomic E-state index is 0.369. The van der Waals surface area contributed by atoms with Crippen LogP contribution in [0.4, 0.5) is 0 Å². The topological polar surface area (TPSA) is 20.2 Å². The first-order valence-corrected chi connectivity index (χ1v) is 3.96. The number of rotatable bonds is 0. The lowest BCUT2D eigenvalue weighted by atomic mass is 10.1. The highest BCUT2D eigenvalue weighted by Crippen LogP contribution is 2.23. The van der Waals surface area contributed by atoms with Gasteiger partial charge in [-0.2, -0.15) is 0 Å². The summed E-state index contributed by atoms with van der Waals surface area (Å²) >= 11 is 0. The molecule has 0 aromatic heterocycles. The Morgan fingerprint density at radius 1 is 1.00 bits per heavy atom. The van der Waals surface area contributed by atoms with Gasteiger partial charge in [-0.05, 0) is 35.4 Å². The molecule has 0 aliphatic heterocycles. The van der Waals surface area contributed by atoms with Gasteiger partial charge in [0, 0.05) is 0 Å². The van der Waals surface area contributed by atoms with Crippen LogP contribution < -0.4 is 0 Å². The highest BCUT2D eigenvalue weighted by Gasteiger charge is 1.97. The minimum Gasteiger partial charge on any atom is -0.508 e. The van der Waals surface area contributed by atoms with Crippen molar-refractivity contribution in [3.63, 3.8) is 0 Å². The van der Waals surface area contributed by atoms with Crippen molar-refractivity contribution >= 4 is 10.8 Å². The number of aryl methyl sites for hydroxylation is 1. The average molecular weight is 158 g/mol. The number of fused-ring (bicyclic) bond motifs is 1. The highest BCUT2D eigenvalue weighted by molar-refractivity contribution is 5.84. The van der Waals surface area contributed by atoms with Crippen molar-refractivity contribution < 1.29 is 5.11 Å². The van der Waals surface area contributed by atoms with E-state index in [0.717, 1.165) is 10.9 Å². The van der Waals surface area contributed by atoms with E-state index in [1.807, 2.05) is 37.3 Å². The molecule has 0 bridgehead atoms. The summed E-state index contributed by atoms with van der Waals surface area (Å²) in [6, 6.07) is 11.8. The number of hydrogen-bond acceptors (Lipinski definition) is 1. The Kier molecular flexibility index (Phi) is 1.51. The van der Waals surface area contributed by atoms with Gasteiger partial charge in [0.15, 0.2) is 0 Å². The maximum atomic E-state index is 9.42. The van der Waals surface area contributed by atoms with Crippen LogP contribution >= 0.6 is 0 Å². The molecule has 0 heterocycles. The summed E-state index contributed by atoms with van der Waals surface area (Å²) in [6.07, 6.45) is 0. The molecule has 0 atom stereocenters. The zero-order valence-electron chi connectivity index (χ0n) is 6.91. The van der Waals surface area contributed by atoms with Crippen LogP contribution in [0, 0.1) is 6.92 Å². The molecule has 0 saturated heterocycles. The van der Waals surface area contributed by atoms with Crippen LogP contribution in [0.1, 0.15) is 5.56 Å². The number of aromatic hydroxyl groups is 1. The van der Waals surface area contributed by atoms with Crippen LogP contribution in [-0.4, -0.2) is 5.11 Å². The SMILES string of the molecule is Cc1cc2ccccc2cc1O. The van der Waals surface area contributed by atoms with Crippen LogP contribution in [0.2, 0.25) is 0 Å². The van der Waals surface area contributed by atoms with Gasteiger partial charge in [-0.15, -0.1) is 0 Å². The Labute approximate surface area is 71.3 Å². The van der Waals surface area contributed by atoms with E-state index in [0.29, 0.717) is 5.75 Å². The van der Waals surface area contributed by atoms with Gasteiger partial charge in [0.25, 0.3) is 0 Å². The van der Waals surface area contributed by atoms with E-state index in [2.05, 4.69) is 0 Å². The van der Waals surface area contributed by atoms with E-state index in [1.54, 1.807) is 6.07 Å². The fraction of sp³-hybridized carbons (Fsp3) is 0.0909. The molecule has 60 valence electrons. The predicted octanol–water partition coefficient (Wildman–Crippen LogP) is 2.85. The summed E-state index contributed by atoms with van der Waals surface area (Å²) in [5, 5.41) is 11.7. The normalized spacial score (nSPS) is 10.4. The minimum absolute atomic E-state index is 0.369. The molecule has 2 rings (SSSR count). The summed E-state index contributed by atoms with van der Waals surface area (Å²) < 4.78 is 0. The van der Waals surface area contributed by atoms with Crippen molar-refractivity contribution in [2.24, 2.45) is 0 Å². The monoisotopic (exact) mass is 158 g/mol. The van der Waals surface area contributed by atoms with Gasteiger partial charge in [0.1, 0.15) is 5.75 Å². The molecular formula is C11H10O. The molecule has 1 heteroatoms. The molecule has 1 N–H and O–H groups in total. The Morgan fingerprint density at radius 2 is 1.58 bits per heavy atom. The quantitative estimate of drug-likeness (QED) is 0.625. The molecule has 12 heavy (non-hydrogen) atoms. The Bertz CT molecular complexity index is 378. The molecular weight excluding hydrogens is 148 g/mol. The lowest BCUT2D eigenvalue weighted by molar-refractivity contribution is 0.472. The van der Waals surface area contributed by atoms with Crippen molar-refractivity contribution in [2.75, 3.05) is 0 Å². The zero-order valence-corrected chi connectivity index (χ0v) is 6.91. The van der Waals surface area contributed by atoms with E-state index in [-0.39, 0.29) is 0 Å². The molecule has 0 unspecified atom stereocenters. The standard InChI is InChI=1S/C11H10O/c1-8-6-9-4-2-3-5-10(9)7-11(8)12/h2-7,12H,1H3. The van der Waals surface area contributed by atoms with E-state index < -0.39 is 0 Å². The molecule has 0 saturated carbocycles. The molecule has 0 aliphatic carbocycles. The first-order valence-electron chi connectivity index (χ1n) is 3.96. The molecule has 0 amide bonds. The Hall–Kier alpha value is -1.50. The summed E-state index contributed by atoms with van der Waals surface area (Å²) in [6.45, 7) is 1.90. The summed E-state index contributed by atoms with van der Waals surface area (Å²) in [5.41, 5.74) is 0.925. The Morgan fingerprint density at radius 3 is 2.25 bits per heavy atom. The number of benzene rings is 2. The van der Waals surface area contributed by atoms with Crippen LogP contribution in [0.25, 0.3) is 10.8 Å². The van der Waals surface area contributed by atoms with Gasteiger partial charge in [-0.3, -0.25) is 0 Å². The molecule has 0 fully saturated rings. The van der Waals surface area contributed by atoms with Crippen LogP contribution in [0.3, 0.4) is 0 Å². The third-order valence-corrected chi connectivity index (χ3v) is 2.06. The third-order valence-electron chi connectivity index (χ3n) is 2.06. The van der Waals surface area contributed by atoms with Crippen LogP contribution in [0.5, 0.6) is 5.75 Å². The Balaban J connectivity index is 2.84. The van der Waals surface area contributed by atoms with Gasteiger partial charge in [-0.1, -0.05) is 24.3 Å². The predicted molar refractivity (Wildman–Crippen MR) is 50.3 cm³/mol. The summed E-state index contributed by atoms with van der Waals surface area (Å²) in [7, 11) is 0. The fourth-order valence-electron chi connectivity index (χ4n) is 1.34. The molecule has 1 nitrogen and oxygen atoms in total. The van der Waals surface area contributed by atoms with Crippen molar-refractivity contribution in [2.45, 2.75) is 6.92 Å². The maximum absolute atomic E-state index is 9.42. The fourth-order valence-corrected chi connectivity index (χ4v) is 1.34. The van der Waals surface area contributed by atoms with Gasteiger partial charge in [0.2, 0.25) is 0 Å².